The monoisotopic (exact) mass is 352 g/mol. The van der Waals surface area contributed by atoms with Crippen molar-refractivity contribution in [3.8, 4) is 0 Å². The summed E-state index contributed by atoms with van der Waals surface area (Å²) in [4.78, 5) is 22.5. The van der Waals surface area contributed by atoms with Crippen LogP contribution in [0.15, 0.2) is 27.8 Å². The highest BCUT2D eigenvalue weighted by molar-refractivity contribution is 5.73. The maximum Gasteiger partial charge on any atom is 0.416 e. The van der Waals surface area contributed by atoms with Crippen molar-refractivity contribution >= 4 is 11.4 Å². The summed E-state index contributed by atoms with van der Waals surface area (Å²) in [5.74, 6) is 0. The van der Waals surface area contributed by atoms with Gasteiger partial charge < -0.3 is 10.6 Å². The van der Waals surface area contributed by atoms with Crippen molar-refractivity contribution in [1.82, 2.24) is 0 Å². The van der Waals surface area contributed by atoms with Gasteiger partial charge in [-0.05, 0) is 23.8 Å². The molecule has 0 heterocycles. The van der Waals surface area contributed by atoms with Crippen LogP contribution >= 0.6 is 0 Å². The van der Waals surface area contributed by atoms with E-state index < -0.39 is 40.9 Å². The Bertz CT molecular complexity index is 799. The third kappa shape index (κ3) is 3.36. The van der Waals surface area contributed by atoms with Gasteiger partial charge in [-0.15, -0.1) is 0 Å². The molecule has 0 fully saturated rings. The van der Waals surface area contributed by atoms with Crippen molar-refractivity contribution in [3.63, 3.8) is 0 Å². The Kier molecular flexibility index (Phi) is 4.34. The number of halogens is 6. The molecule has 0 aliphatic rings. The standard InChI is InChI=1S/C14H10F6N2O2/c1-21-9-10(12(24)11(9)23)22-5-6-2-7(13(15,16)17)4-8(3-6)14(18,19)20/h2-4,21-22H,5H2,1H3. The van der Waals surface area contributed by atoms with Crippen molar-refractivity contribution < 1.29 is 26.3 Å². The van der Waals surface area contributed by atoms with E-state index in [1.54, 1.807) is 0 Å². The molecule has 0 aliphatic carbocycles. The Balaban J connectivity index is 2.34. The Morgan fingerprint density at radius 2 is 1.29 bits per heavy atom. The van der Waals surface area contributed by atoms with E-state index in [4.69, 9.17) is 0 Å². The molecular weight excluding hydrogens is 342 g/mol. The van der Waals surface area contributed by atoms with Crippen molar-refractivity contribution in [2.75, 3.05) is 17.7 Å². The summed E-state index contributed by atoms with van der Waals surface area (Å²) in [5, 5.41) is 4.81. The third-order valence-corrected chi connectivity index (χ3v) is 3.28. The van der Waals surface area contributed by atoms with Crippen molar-refractivity contribution in [1.29, 1.82) is 0 Å². The molecule has 0 saturated carbocycles. The Hall–Kier alpha value is -2.52. The minimum atomic E-state index is -4.95. The molecule has 0 atom stereocenters. The predicted molar refractivity (Wildman–Crippen MR) is 74.7 cm³/mol. The van der Waals surface area contributed by atoms with Gasteiger partial charge in [0.05, 0.1) is 11.1 Å². The lowest BCUT2D eigenvalue weighted by molar-refractivity contribution is -0.143. The summed E-state index contributed by atoms with van der Waals surface area (Å²) in [6.07, 6.45) is -9.90. The minimum Gasteiger partial charge on any atom is -0.383 e. The number of hydrogen-bond acceptors (Lipinski definition) is 4. The zero-order valence-corrected chi connectivity index (χ0v) is 12.0. The van der Waals surface area contributed by atoms with Crippen LogP contribution in [0.1, 0.15) is 16.7 Å². The van der Waals surface area contributed by atoms with E-state index in [0.717, 1.165) is 0 Å². The topological polar surface area (TPSA) is 58.2 Å². The summed E-state index contributed by atoms with van der Waals surface area (Å²) in [6.45, 7) is -0.480. The van der Waals surface area contributed by atoms with E-state index in [2.05, 4.69) is 10.6 Å². The van der Waals surface area contributed by atoms with Gasteiger partial charge in [-0.1, -0.05) is 0 Å². The van der Waals surface area contributed by atoms with Crippen LogP contribution in [0.3, 0.4) is 0 Å². The van der Waals surface area contributed by atoms with E-state index in [9.17, 15) is 35.9 Å². The van der Waals surface area contributed by atoms with E-state index in [0.29, 0.717) is 12.1 Å². The first-order valence-corrected chi connectivity index (χ1v) is 6.48. The molecule has 24 heavy (non-hydrogen) atoms. The summed E-state index contributed by atoms with van der Waals surface area (Å²) in [7, 11) is 1.35. The van der Waals surface area contributed by atoms with Gasteiger partial charge in [-0.3, -0.25) is 9.59 Å². The molecule has 130 valence electrons. The molecule has 10 heteroatoms. The molecule has 0 bridgehead atoms. The summed E-state index contributed by atoms with van der Waals surface area (Å²) >= 11 is 0. The average molecular weight is 352 g/mol. The first-order valence-electron chi connectivity index (χ1n) is 6.48. The normalized spacial score (nSPS) is 12.5. The molecule has 0 amide bonds. The molecule has 0 saturated heterocycles. The fourth-order valence-electron chi connectivity index (χ4n) is 2.11. The van der Waals surface area contributed by atoms with Crippen molar-refractivity contribution in [2.24, 2.45) is 0 Å². The average Bonchev–Trinajstić information content (AvgIpc) is 2.48. The van der Waals surface area contributed by atoms with Gasteiger partial charge in [0.25, 0.3) is 10.9 Å². The van der Waals surface area contributed by atoms with E-state index in [1.165, 1.54) is 7.05 Å². The molecule has 2 aromatic carbocycles. The lowest BCUT2D eigenvalue weighted by Gasteiger charge is -2.16. The molecule has 0 unspecified atom stereocenters. The third-order valence-electron chi connectivity index (χ3n) is 3.28. The number of anilines is 2. The largest absolute Gasteiger partial charge is 0.416 e. The van der Waals surface area contributed by atoms with E-state index in [1.807, 2.05) is 0 Å². The highest BCUT2D eigenvalue weighted by Crippen LogP contribution is 2.36. The van der Waals surface area contributed by atoms with Crippen molar-refractivity contribution in [3.05, 3.63) is 55.3 Å². The van der Waals surface area contributed by atoms with Crippen LogP contribution in [0.25, 0.3) is 0 Å². The van der Waals surface area contributed by atoms with Gasteiger partial charge in [0.1, 0.15) is 11.4 Å². The van der Waals surface area contributed by atoms with Crippen LogP contribution in [-0.4, -0.2) is 7.05 Å². The summed E-state index contributed by atoms with van der Waals surface area (Å²) < 4.78 is 76.4. The number of nitrogens with one attached hydrogen (secondary N) is 2. The Labute approximate surface area is 130 Å². The molecule has 0 aliphatic heterocycles. The van der Waals surface area contributed by atoms with Gasteiger partial charge in [-0.25, -0.2) is 0 Å². The minimum absolute atomic E-state index is 0.0137. The number of alkyl halides is 6. The van der Waals surface area contributed by atoms with E-state index in [-0.39, 0.29) is 23.0 Å². The number of benzene rings is 1. The zero-order chi connectivity index (χ0) is 18.3. The van der Waals surface area contributed by atoms with Crippen LogP contribution in [0.5, 0.6) is 0 Å². The molecule has 0 spiro atoms. The fraction of sp³-hybridized carbons (Fsp3) is 0.286. The summed E-state index contributed by atoms with van der Waals surface area (Å²) in [6, 6.07) is 1.11. The maximum atomic E-state index is 12.7. The molecular formula is C14H10F6N2O2. The van der Waals surface area contributed by atoms with Crippen LogP contribution < -0.4 is 21.5 Å². The second-order valence-corrected chi connectivity index (χ2v) is 4.93. The maximum absolute atomic E-state index is 12.7. The highest BCUT2D eigenvalue weighted by Gasteiger charge is 2.36. The van der Waals surface area contributed by atoms with Crippen LogP contribution in [0.4, 0.5) is 37.7 Å². The smallest absolute Gasteiger partial charge is 0.383 e. The van der Waals surface area contributed by atoms with Crippen LogP contribution in [-0.2, 0) is 18.9 Å². The van der Waals surface area contributed by atoms with Gasteiger partial charge in [0, 0.05) is 13.6 Å². The first-order chi connectivity index (χ1) is 10.9. The summed E-state index contributed by atoms with van der Waals surface area (Å²) in [5.41, 5.74) is -5.16. The van der Waals surface area contributed by atoms with Gasteiger partial charge in [0.2, 0.25) is 0 Å². The van der Waals surface area contributed by atoms with Gasteiger partial charge >= 0.3 is 12.4 Å². The lowest BCUT2D eigenvalue weighted by atomic mass is 10.0. The van der Waals surface area contributed by atoms with Crippen LogP contribution in [0, 0.1) is 0 Å². The number of hydrogen-bond donors (Lipinski definition) is 2. The molecule has 4 nitrogen and oxygen atoms in total. The van der Waals surface area contributed by atoms with Gasteiger partial charge in [-0.2, -0.15) is 26.3 Å². The zero-order valence-electron chi connectivity index (χ0n) is 12.0. The second-order valence-electron chi connectivity index (χ2n) is 4.93. The number of rotatable bonds is 4. The fourth-order valence-corrected chi connectivity index (χ4v) is 2.11. The Morgan fingerprint density at radius 3 is 1.71 bits per heavy atom. The molecule has 2 aromatic rings. The first kappa shape index (κ1) is 17.8. The highest BCUT2D eigenvalue weighted by atomic mass is 19.4. The lowest BCUT2D eigenvalue weighted by Crippen LogP contribution is -2.36. The quantitative estimate of drug-likeness (QED) is 0.656. The molecule has 0 radical (unpaired) electrons. The molecule has 2 rings (SSSR count). The SMILES string of the molecule is CNc1c(NCc2cc(C(F)(F)F)cc(C(F)(F)F)c2)c(=O)c1=O. The van der Waals surface area contributed by atoms with Crippen molar-refractivity contribution in [2.45, 2.75) is 18.9 Å². The second kappa shape index (κ2) is 5.84. The molecule has 2 N–H and O–H groups in total. The Morgan fingerprint density at radius 1 is 0.833 bits per heavy atom. The van der Waals surface area contributed by atoms with E-state index >= 15 is 0 Å². The van der Waals surface area contributed by atoms with Crippen LogP contribution in [0.2, 0.25) is 0 Å². The van der Waals surface area contributed by atoms with Gasteiger partial charge in [0.15, 0.2) is 0 Å². The predicted octanol–water partition coefficient (Wildman–Crippen LogP) is 2.97. The molecule has 0 aromatic heterocycles.